The molecule has 2 fully saturated rings. The van der Waals surface area contributed by atoms with Gasteiger partial charge in [0.1, 0.15) is 17.0 Å². The first-order chi connectivity index (χ1) is 18.2. The predicted octanol–water partition coefficient (Wildman–Crippen LogP) is 4.97. The number of methoxy groups -OCH3 is 1. The average Bonchev–Trinajstić information content (AvgIpc) is 3.59. The van der Waals surface area contributed by atoms with Crippen LogP contribution in [0.4, 0.5) is 13.2 Å². The van der Waals surface area contributed by atoms with E-state index in [1.807, 2.05) is 19.9 Å². The fraction of sp³-hybridized carbons (Fsp3) is 0.520. The number of nitrogens with zero attached hydrogens (tertiary/aromatic N) is 6. The lowest BCUT2D eigenvalue weighted by molar-refractivity contribution is -0.141. The summed E-state index contributed by atoms with van der Waals surface area (Å²) in [4.78, 5) is 11.0. The maximum Gasteiger partial charge on any atom is 0.434 e. The number of H-pyrrole nitrogens is 1. The topological polar surface area (TPSA) is 93.5 Å². The Bertz CT molecular complexity index is 1450. The van der Waals surface area contributed by atoms with Gasteiger partial charge in [0.2, 0.25) is 0 Å². The van der Waals surface area contributed by atoms with Crippen LogP contribution in [0.1, 0.15) is 54.7 Å². The lowest BCUT2D eigenvalue weighted by atomic mass is 9.93. The summed E-state index contributed by atoms with van der Waals surface area (Å²) in [5.74, 6) is 0.308. The molecule has 0 saturated carbocycles. The molecule has 202 valence electrons. The molecule has 38 heavy (non-hydrogen) atoms. The van der Waals surface area contributed by atoms with E-state index in [0.29, 0.717) is 59.8 Å². The number of fused-ring (bicyclic) bond motifs is 1. The fourth-order valence-corrected chi connectivity index (χ4v) is 6.61. The number of alkyl halides is 3. The minimum Gasteiger partial charge on any atom is -0.493 e. The first-order valence-electron chi connectivity index (χ1n) is 12.6. The molecule has 4 aromatic rings. The molecule has 9 nitrogen and oxygen atoms in total. The molecule has 0 radical (unpaired) electrons. The summed E-state index contributed by atoms with van der Waals surface area (Å²) in [6.45, 7) is 6.92. The van der Waals surface area contributed by atoms with E-state index in [0.717, 1.165) is 35.6 Å². The third-order valence-corrected chi connectivity index (χ3v) is 8.62. The summed E-state index contributed by atoms with van der Waals surface area (Å²) in [5.41, 5.74) is 2.44. The Balaban J connectivity index is 1.39. The van der Waals surface area contributed by atoms with Crippen molar-refractivity contribution >= 4 is 17.0 Å². The molecule has 13 heteroatoms. The van der Waals surface area contributed by atoms with Crippen molar-refractivity contribution < 1.29 is 22.6 Å². The van der Waals surface area contributed by atoms with E-state index in [1.54, 1.807) is 17.8 Å². The molecule has 2 saturated heterocycles. The second kappa shape index (κ2) is 9.62. The number of hydrogen-bond acceptors (Lipinski definition) is 8. The Morgan fingerprint density at radius 3 is 2.61 bits per heavy atom. The number of thiazole rings is 1. The number of piperidine rings is 1. The van der Waals surface area contributed by atoms with Gasteiger partial charge in [-0.1, -0.05) is 13.8 Å². The van der Waals surface area contributed by atoms with Crippen LogP contribution in [0.25, 0.3) is 27.6 Å². The van der Waals surface area contributed by atoms with Gasteiger partial charge in [-0.3, -0.25) is 10.00 Å². The number of rotatable bonds is 6. The number of pyridine rings is 1. The molecule has 0 aliphatic carbocycles. The number of aromatic nitrogens is 6. The smallest absolute Gasteiger partial charge is 0.434 e. The Labute approximate surface area is 221 Å². The van der Waals surface area contributed by atoms with Crippen LogP contribution in [0.3, 0.4) is 0 Å². The third kappa shape index (κ3) is 4.35. The van der Waals surface area contributed by atoms with Gasteiger partial charge in [-0.05, 0) is 43.8 Å². The molecule has 0 unspecified atom stereocenters. The summed E-state index contributed by atoms with van der Waals surface area (Å²) >= 11 is 1.12. The normalized spacial score (nSPS) is 18.0. The maximum atomic E-state index is 14.2. The van der Waals surface area contributed by atoms with Crippen LogP contribution in [0.5, 0.6) is 5.75 Å². The molecule has 6 heterocycles. The number of aromatic amines is 1. The highest BCUT2D eigenvalue weighted by Gasteiger charge is 2.41. The molecular formula is C25H28F3N7O2S. The summed E-state index contributed by atoms with van der Waals surface area (Å²) in [6.07, 6.45) is 0.0300. The van der Waals surface area contributed by atoms with Gasteiger partial charge in [0.25, 0.3) is 0 Å². The second-order valence-corrected chi connectivity index (χ2v) is 11.1. The molecule has 0 aromatic carbocycles. The Morgan fingerprint density at radius 1 is 1.21 bits per heavy atom. The van der Waals surface area contributed by atoms with Crippen LogP contribution in [-0.2, 0) is 10.9 Å². The first kappa shape index (κ1) is 25.3. The monoisotopic (exact) mass is 547 g/mol. The van der Waals surface area contributed by atoms with Gasteiger partial charge in [0, 0.05) is 22.2 Å². The van der Waals surface area contributed by atoms with E-state index in [-0.39, 0.29) is 16.8 Å². The Hall–Kier alpha value is -3.03. The minimum atomic E-state index is -4.54. The molecule has 2 aliphatic heterocycles. The van der Waals surface area contributed by atoms with Crippen molar-refractivity contribution in [2.24, 2.45) is 0 Å². The first-order valence-corrected chi connectivity index (χ1v) is 13.4. The zero-order valence-corrected chi connectivity index (χ0v) is 22.1. The van der Waals surface area contributed by atoms with Gasteiger partial charge in [-0.25, -0.2) is 14.5 Å². The third-order valence-electron chi connectivity index (χ3n) is 7.39. The standard InChI is InChI=1S/C25H28F3N7O2S/c1-13(2)18-19(15-8-17(36-3)23-29-12-30-35(23)9-15)32-33-20(18)24-31-22(25(26,27)28)21(38-24)14-4-6-34(7-5-14)16-10-37-11-16/h8-9,12-14,16H,4-7,10-11H2,1-3H3,(H,32,33). The van der Waals surface area contributed by atoms with Crippen molar-refractivity contribution in [2.75, 3.05) is 33.4 Å². The van der Waals surface area contributed by atoms with Crippen molar-refractivity contribution in [3.05, 3.63) is 34.7 Å². The lowest BCUT2D eigenvalue weighted by Gasteiger charge is -2.41. The van der Waals surface area contributed by atoms with E-state index >= 15 is 0 Å². The van der Waals surface area contributed by atoms with Crippen molar-refractivity contribution in [1.29, 1.82) is 0 Å². The number of halogens is 3. The van der Waals surface area contributed by atoms with Gasteiger partial charge in [0.15, 0.2) is 17.1 Å². The molecular weight excluding hydrogens is 519 g/mol. The molecule has 0 amide bonds. The number of hydrogen-bond donors (Lipinski definition) is 1. The van der Waals surface area contributed by atoms with E-state index in [4.69, 9.17) is 9.47 Å². The van der Waals surface area contributed by atoms with Crippen LogP contribution in [0.2, 0.25) is 0 Å². The number of likely N-dealkylation sites (tertiary alicyclic amines) is 1. The molecule has 2 aliphatic rings. The summed E-state index contributed by atoms with van der Waals surface area (Å²) in [5, 5.41) is 12.0. The van der Waals surface area contributed by atoms with Gasteiger partial charge < -0.3 is 9.47 Å². The van der Waals surface area contributed by atoms with E-state index < -0.39 is 11.9 Å². The molecule has 6 rings (SSSR count). The van der Waals surface area contributed by atoms with E-state index in [9.17, 15) is 13.2 Å². The van der Waals surface area contributed by atoms with Crippen molar-refractivity contribution in [3.8, 4) is 27.7 Å². The molecule has 0 spiro atoms. The number of nitrogens with one attached hydrogen (secondary N) is 1. The summed E-state index contributed by atoms with van der Waals surface area (Å²) in [6, 6.07) is 2.21. The fourth-order valence-electron chi connectivity index (χ4n) is 5.35. The van der Waals surface area contributed by atoms with Gasteiger partial charge >= 0.3 is 6.18 Å². The van der Waals surface area contributed by atoms with Gasteiger partial charge in [-0.2, -0.15) is 23.4 Å². The zero-order chi connectivity index (χ0) is 26.6. The zero-order valence-electron chi connectivity index (χ0n) is 21.2. The van der Waals surface area contributed by atoms with Gasteiger partial charge in [0.05, 0.1) is 32.1 Å². The van der Waals surface area contributed by atoms with Crippen molar-refractivity contribution in [3.63, 3.8) is 0 Å². The maximum absolute atomic E-state index is 14.2. The SMILES string of the molecule is COc1cc(-c2[nH]nc(-c3nc(C(F)(F)F)c(C4CCN(C5COC5)CC4)s3)c2C(C)C)cn2ncnc12. The highest BCUT2D eigenvalue weighted by atomic mass is 32.1. The molecule has 0 atom stereocenters. The van der Waals surface area contributed by atoms with Crippen LogP contribution >= 0.6 is 11.3 Å². The second-order valence-electron chi connectivity index (χ2n) is 10.1. The summed E-state index contributed by atoms with van der Waals surface area (Å²) in [7, 11) is 1.55. The van der Waals surface area contributed by atoms with Crippen LogP contribution in [-0.4, -0.2) is 74.1 Å². The molecule has 1 N–H and O–H groups in total. The highest BCUT2D eigenvalue weighted by molar-refractivity contribution is 7.15. The average molecular weight is 548 g/mol. The number of ether oxygens (including phenoxy) is 2. The molecule has 4 aromatic heterocycles. The largest absolute Gasteiger partial charge is 0.493 e. The molecule has 0 bridgehead atoms. The Morgan fingerprint density at radius 2 is 1.97 bits per heavy atom. The summed E-state index contributed by atoms with van der Waals surface area (Å²) < 4.78 is 55.0. The lowest BCUT2D eigenvalue weighted by Crippen LogP contribution is -2.51. The van der Waals surface area contributed by atoms with Crippen LogP contribution in [0, 0.1) is 0 Å². The predicted molar refractivity (Wildman–Crippen MR) is 135 cm³/mol. The minimum absolute atomic E-state index is 0.0363. The highest BCUT2D eigenvalue weighted by Crippen LogP contribution is 2.46. The van der Waals surface area contributed by atoms with Crippen LogP contribution in [0.15, 0.2) is 18.6 Å². The van der Waals surface area contributed by atoms with Crippen LogP contribution < -0.4 is 4.74 Å². The van der Waals surface area contributed by atoms with E-state index in [2.05, 4.69) is 30.2 Å². The van der Waals surface area contributed by atoms with Crippen molar-refractivity contribution in [2.45, 2.75) is 50.7 Å². The Kier molecular flexibility index (Phi) is 6.39. The van der Waals surface area contributed by atoms with Gasteiger partial charge in [-0.15, -0.1) is 11.3 Å². The quantitative estimate of drug-likeness (QED) is 0.364. The van der Waals surface area contributed by atoms with E-state index in [1.165, 1.54) is 6.33 Å². The van der Waals surface area contributed by atoms with Crippen molar-refractivity contribution in [1.82, 2.24) is 34.7 Å².